The molecule has 2 N–H and O–H groups in total. The first kappa shape index (κ1) is 13.4. The summed E-state index contributed by atoms with van der Waals surface area (Å²) in [5.74, 6) is 0.811. The molecular formula is C12H22N2O2. The molecule has 1 heterocycles. The van der Waals surface area contributed by atoms with E-state index in [1.807, 2.05) is 27.7 Å². The normalized spacial score (nSPS) is 26.0. The van der Waals surface area contributed by atoms with Crippen molar-refractivity contribution in [2.24, 2.45) is 16.8 Å². The molecule has 1 rings (SSSR count). The Bertz CT molecular complexity index is 265. The van der Waals surface area contributed by atoms with Gasteiger partial charge < -0.3 is 15.4 Å². The van der Waals surface area contributed by atoms with Gasteiger partial charge in [-0.2, -0.15) is 0 Å². The van der Waals surface area contributed by atoms with Crippen molar-refractivity contribution < 1.29 is 10.2 Å². The van der Waals surface area contributed by atoms with E-state index in [9.17, 15) is 10.3 Å². The minimum absolute atomic E-state index is 0.167. The van der Waals surface area contributed by atoms with Crippen LogP contribution < -0.4 is 5.06 Å². The molecule has 2 atom stereocenters. The van der Waals surface area contributed by atoms with Gasteiger partial charge in [0.05, 0.1) is 6.20 Å². The van der Waals surface area contributed by atoms with Gasteiger partial charge in [-0.1, -0.05) is 27.7 Å². The van der Waals surface area contributed by atoms with Crippen molar-refractivity contribution in [3.8, 4) is 0 Å². The van der Waals surface area contributed by atoms with Gasteiger partial charge in [0.15, 0.2) is 0 Å². The predicted octanol–water partition coefficient (Wildman–Crippen LogP) is 1.08. The summed E-state index contributed by atoms with van der Waals surface area (Å²) >= 11 is 0. The van der Waals surface area contributed by atoms with Gasteiger partial charge in [-0.15, -0.1) is 0 Å². The minimum Gasteiger partial charge on any atom is -0.627 e. The summed E-state index contributed by atoms with van der Waals surface area (Å²) in [5, 5.41) is 21.5. The van der Waals surface area contributed by atoms with Crippen LogP contribution in [-0.4, -0.2) is 17.0 Å². The second kappa shape index (κ2) is 5.57. The van der Waals surface area contributed by atoms with Crippen LogP contribution in [0.15, 0.2) is 16.9 Å². The number of hydroxylamine groups is 2. The molecule has 92 valence electrons. The van der Waals surface area contributed by atoms with Crippen molar-refractivity contribution in [3.05, 3.63) is 17.1 Å². The van der Waals surface area contributed by atoms with Crippen LogP contribution in [0.1, 0.15) is 40.5 Å². The van der Waals surface area contributed by atoms with E-state index in [0.717, 1.165) is 0 Å². The Hall–Kier alpha value is -0.710. The van der Waals surface area contributed by atoms with E-state index in [1.54, 1.807) is 6.20 Å². The molecule has 0 spiro atoms. The number of hydrogen-bond donors (Lipinski definition) is 2. The fourth-order valence-electron chi connectivity index (χ4n) is 1.80. The number of aliphatic hydroxyl groups excluding tert-OH is 1. The van der Waals surface area contributed by atoms with E-state index in [4.69, 9.17) is 0 Å². The van der Waals surface area contributed by atoms with Crippen molar-refractivity contribution in [1.29, 1.82) is 0 Å². The van der Waals surface area contributed by atoms with Crippen molar-refractivity contribution in [2.75, 3.05) is 0 Å². The van der Waals surface area contributed by atoms with Gasteiger partial charge in [-0.3, -0.25) is 4.99 Å². The van der Waals surface area contributed by atoms with Gasteiger partial charge in [-0.25, -0.2) is 0 Å². The number of allylic oxidation sites excluding steroid dienone is 1. The van der Waals surface area contributed by atoms with Crippen LogP contribution >= 0.6 is 0 Å². The number of aliphatic imine (C=N–C) groups is 1. The summed E-state index contributed by atoms with van der Waals surface area (Å²) in [6, 6.07) is 0. The molecule has 0 saturated heterocycles. The van der Waals surface area contributed by atoms with E-state index in [0.29, 0.717) is 36.1 Å². The zero-order chi connectivity index (χ0) is 12.3. The Morgan fingerprint density at radius 1 is 1.31 bits per heavy atom. The zero-order valence-electron chi connectivity index (χ0n) is 10.5. The highest BCUT2D eigenvalue weighted by Crippen LogP contribution is 2.11. The third-order valence-electron chi connectivity index (χ3n) is 2.51. The maximum absolute atomic E-state index is 11.9. The first-order chi connectivity index (χ1) is 7.41. The van der Waals surface area contributed by atoms with E-state index in [-0.39, 0.29) is 5.06 Å². The first-order valence-corrected chi connectivity index (χ1v) is 5.89. The molecule has 1 aliphatic heterocycles. The molecule has 1 aliphatic rings. The Morgan fingerprint density at radius 2 is 1.88 bits per heavy atom. The molecule has 0 bridgehead atoms. The number of nitrogens with zero attached hydrogens (tertiary/aromatic N) is 1. The number of hydrogen-bond acceptors (Lipinski definition) is 3. The van der Waals surface area contributed by atoms with Gasteiger partial charge >= 0.3 is 0 Å². The van der Waals surface area contributed by atoms with Gasteiger partial charge in [0.25, 0.3) is 0 Å². The van der Waals surface area contributed by atoms with Crippen LogP contribution in [0.25, 0.3) is 0 Å². The smallest absolute Gasteiger partial charge is 0.233 e. The number of rotatable bonds is 4. The van der Waals surface area contributed by atoms with Crippen LogP contribution in [0, 0.1) is 17.0 Å². The van der Waals surface area contributed by atoms with E-state index < -0.39 is 6.23 Å². The average molecular weight is 226 g/mol. The van der Waals surface area contributed by atoms with Crippen LogP contribution in [0.5, 0.6) is 0 Å². The number of nitrogens with one attached hydrogen (secondary N) is 1. The number of quaternary nitrogens is 1. The quantitative estimate of drug-likeness (QED) is 0.705. The fraction of sp³-hybridized carbons (Fsp3) is 0.750. The molecule has 0 aromatic heterocycles. The van der Waals surface area contributed by atoms with Crippen LogP contribution in [0.3, 0.4) is 0 Å². The van der Waals surface area contributed by atoms with E-state index in [1.165, 1.54) is 0 Å². The summed E-state index contributed by atoms with van der Waals surface area (Å²) in [4.78, 5) is 4.22. The molecule has 0 aromatic rings. The minimum atomic E-state index is -1.01. The summed E-state index contributed by atoms with van der Waals surface area (Å²) < 4.78 is 0. The van der Waals surface area contributed by atoms with Crippen molar-refractivity contribution in [1.82, 2.24) is 0 Å². The van der Waals surface area contributed by atoms with Gasteiger partial charge in [0.1, 0.15) is 11.4 Å². The Kier molecular flexibility index (Phi) is 4.65. The van der Waals surface area contributed by atoms with Crippen LogP contribution in [0.4, 0.5) is 0 Å². The maximum atomic E-state index is 11.9. The third-order valence-corrected chi connectivity index (χ3v) is 2.51. The predicted molar refractivity (Wildman–Crippen MR) is 64.8 cm³/mol. The molecule has 4 heteroatoms. The molecule has 16 heavy (non-hydrogen) atoms. The topological polar surface area (TPSA) is 60.1 Å². The molecule has 0 saturated carbocycles. The van der Waals surface area contributed by atoms with Gasteiger partial charge in [0, 0.05) is 6.42 Å². The SMILES string of the molecule is CC(C)CC1=CN=C(CC(C)C)C(O)[NH+]1[O-]. The lowest BCUT2D eigenvalue weighted by Crippen LogP contribution is -3.11. The molecule has 0 radical (unpaired) electrons. The summed E-state index contributed by atoms with van der Waals surface area (Å²) in [6.07, 6.45) is 1.99. The highest BCUT2D eigenvalue weighted by molar-refractivity contribution is 5.88. The second-order valence-corrected chi connectivity index (χ2v) is 5.24. The fourth-order valence-corrected chi connectivity index (χ4v) is 1.80. The molecule has 0 fully saturated rings. The van der Waals surface area contributed by atoms with Gasteiger partial charge in [0.2, 0.25) is 6.23 Å². The molecule has 0 aliphatic carbocycles. The lowest BCUT2D eigenvalue weighted by Gasteiger charge is -2.33. The lowest BCUT2D eigenvalue weighted by atomic mass is 10.0. The van der Waals surface area contributed by atoms with E-state index >= 15 is 0 Å². The summed E-state index contributed by atoms with van der Waals surface area (Å²) in [5.41, 5.74) is 1.25. The largest absolute Gasteiger partial charge is 0.627 e. The highest BCUT2D eigenvalue weighted by Gasteiger charge is 2.26. The lowest BCUT2D eigenvalue weighted by molar-refractivity contribution is -0.851. The molecule has 0 aromatic carbocycles. The summed E-state index contributed by atoms with van der Waals surface area (Å²) in [6.45, 7) is 8.20. The molecule has 4 nitrogen and oxygen atoms in total. The Balaban J connectivity index is 2.77. The third kappa shape index (κ3) is 3.40. The van der Waals surface area contributed by atoms with Crippen LogP contribution in [-0.2, 0) is 0 Å². The molecule has 2 unspecified atom stereocenters. The monoisotopic (exact) mass is 226 g/mol. The first-order valence-electron chi connectivity index (χ1n) is 5.89. The van der Waals surface area contributed by atoms with Crippen molar-refractivity contribution in [2.45, 2.75) is 46.8 Å². The second-order valence-electron chi connectivity index (χ2n) is 5.24. The molecular weight excluding hydrogens is 204 g/mol. The summed E-state index contributed by atoms with van der Waals surface area (Å²) in [7, 11) is 0. The van der Waals surface area contributed by atoms with Crippen LogP contribution in [0.2, 0.25) is 0 Å². The average Bonchev–Trinajstić information content (AvgIpc) is 2.16. The maximum Gasteiger partial charge on any atom is 0.233 e. The van der Waals surface area contributed by atoms with Crippen molar-refractivity contribution in [3.63, 3.8) is 0 Å². The Labute approximate surface area is 97.3 Å². The Morgan fingerprint density at radius 3 is 2.38 bits per heavy atom. The number of aliphatic hydroxyl groups is 1. The van der Waals surface area contributed by atoms with Gasteiger partial charge in [-0.05, 0) is 18.3 Å². The van der Waals surface area contributed by atoms with Crippen molar-refractivity contribution >= 4 is 5.71 Å². The molecule has 0 amide bonds. The standard InChI is InChI=1S/C12H22N2O2/c1-8(2)5-10-7-13-11(6-9(3)4)12(15)14(10)16/h7-9,12,14-15H,5-6H2,1-4H3. The van der Waals surface area contributed by atoms with E-state index in [2.05, 4.69) is 4.99 Å². The zero-order valence-corrected chi connectivity index (χ0v) is 10.5. The highest BCUT2D eigenvalue weighted by atomic mass is 16.5.